The van der Waals surface area contributed by atoms with Gasteiger partial charge in [0.05, 0.1) is 17.3 Å². The zero-order chi connectivity index (χ0) is 17.1. The van der Waals surface area contributed by atoms with Gasteiger partial charge in [-0.3, -0.25) is 0 Å². The van der Waals surface area contributed by atoms with Crippen molar-refractivity contribution in [3.63, 3.8) is 0 Å². The van der Waals surface area contributed by atoms with Crippen molar-refractivity contribution in [1.29, 1.82) is 0 Å². The second-order valence-corrected chi connectivity index (χ2v) is 8.60. The maximum atomic E-state index is 11.8. The Balaban J connectivity index is 1.68. The Hall–Kier alpha value is -1.81. The monoisotopic (exact) mass is 397 g/mol. The molecule has 1 aliphatic heterocycles. The van der Waals surface area contributed by atoms with Crippen LogP contribution in [-0.4, -0.2) is 11.1 Å². The van der Waals surface area contributed by atoms with Crippen LogP contribution in [0.15, 0.2) is 46.9 Å². The Morgan fingerprint density at radius 1 is 1.12 bits per heavy atom. The van der Waals surface area contributed by atoms with Gasteiger partial charge < -0.3 is 10.4 Å². The summed E-state index contributed by atoms with van der Waals surface area (Å²) >= 11 is 3.59. The van der Waals surface area contributed by atoms with E-state index in [2.05, 4.69) is 45.5 Å². The first-order valence-electron chi connectivity index (χ1n) is 9.01. The number of hydrogen-bond donors (Lipinski definition) is 2. The maximum Gasteiger partial charge on any atom is 0.337 e. The molecule has 2 bridgehead atoms. The van der Waals surface area contributed by atoms with Crippen LogP contribution >= 0.6 is 15.9 Å². The number of fused-ring (bicyclic) bond motifs is 7. The van der Waals surface area contributed by atoms with E-state index in [1.807, 2.05) is 12.1 Å². The van der Waals surface area contributed by atoms with E-state index < -0.39 is 5.97 Å². The molecule has 3 nitrogen and oxygen atoms in total. The third kappa shape index (κ3) is 2.27. The SMILES string of the molecule is O=C(O)c1cccc2c1N[C@@H](c1cccc(Br)c1)[C@@H]1[C@@H]3CC[C@@H](C3)[C@@H]21. The van der Waals surface area contributed by atoms with Crippen molar-refractivity contribution >= 4 is 27.6 Å². The highest BCUT2D eigenvalue weighted by Crippen LogP contribution is 2.64. The molecule has 5 rings (SSSR count). The molecule has 3 aliphatic rings. The number of nitrogens with one attached hydrogen (secondary N) is 1. The zero-order valence-electron chi connectivity index (χ0n) is 13.8. The standard InChI is InChI=1S/C21H20BrNO2/c22-14-4-1-3-13(10-14)19-18-12-8-7-11(9-12)17(18)15-5-2-6-16(21(24)25)20(15)23-19/h1-6,10-12,17-19,23H,7-9H2,(H,24,25)/t11-,12+,17-,18+,19-/m0/s1. The molecule has 4 heteroatoms. The van der Waals surface area contributed by atoms with E-state index in [1.54, 1.807) is 6.07 Å². The number of halogens is 1. The van der Waals surface area contributed by atoms with Crippen LogP contribution in [0.5, 0.6) is 0 Å². The second kappa shape index (κ2) is 5.60. The third-order valence-corrected chi connectivity index (χ3v) is 7.05. The average molecular weight is 398 g/mol. The highest BCUT2D eigenvalue weighted by molar-refractivity contribution is 9.10. The molecule has 0 unspecified atom stereocenters. The number of benzene rings is 2. The smallest absolute Gasteiger partial charge is 0.337 e. The minimum Gasteiger partial charge on any atom is -0.478 e. The lowest BCUT2D eigenvalue weighted by molar-refractivity contribution is 0.0697. The van der Waals surface area contributed by atoms with E-state index in [0.29, 0.717) is 23.3 Å². The van der Waals surface area contributed by atoms with Gasteiger partial charge in [-0.2, -0.15) is 0 Å². The summed E-state index contributed by atoms with van der Waals surface area (Å²) in [4.78, 5) is 11.8. The van der Waals surface area contributed by atoms with Crippen LogP contribution in [0.1, 0.15) is 52.7 Å². The van der Waals surface area contributed by atoms with Crippen LogP contribution in [0.2, 0.25) is 0 Å². The second-order valence-electron chi connectivity index (χ2n) is 7.69. The summed E-state index contributed by atoms with van der Waals surface area (Å²) < 4.78 is 1.07. The lowest BCUT2D eigenvalue weighted by Gasteiger charge is -2.44. The molecule has 2 aromatic carbocycles. The van der Waals surface area contributed by atoms with Gasteiger partial charge in [-0.1, -0.05) is 40.2 Å². The first kappa shape index (κ1) is 15.4. The molecule has 1 heterocycles. The summed E-state index contributed by atoms with van der Waals surface area (Å²) in [6.07, 6.45) is 3.89. The molecule has 0 spiro atoms. The Bertz CT molecular complexity index is 865. The molecule has 2 aliphatic carbocycles. The Morgan fingerprint density at radius 3 is 2.72 bits per heavy atom. The predicted octanol–water partition coefficient (Wildman–Crippen LogP) is 5.44. The summed E-state index contributed by atoms with van der Waals surface area (Å²) in [5.41, 5.74) is 3.72. The summed E-state index contributed by atoms with van der Waals surface area (Å²) in [5.74, 6) is 1.64. The molecule has 2 aromatic rings. The lowest BCUT2D eigenvalue weighted by atomic mass is 9.67. The van der Waals surface area contributed by atoms with Crippen LogP contribution in [0.3, 0.4) is 0 Å². The molecule has 2 fully saturated rings. The number of rotatable bonds is 2. The van der Waals surface area contributed by atoms with Crippen molar-refractivity contribution in [2.45, 2.75) is 31.2 Å². The van der Waals surface area contributed by atoms with Gasteiger partial charge in [-0.05, 0) is 72.3 Å². The number of carboxylic acid groups (broad SMARTS) is 1. The molecule has 25 heavy (non-hydrogen) atoms. The number of aromatic carboxylic acids is 1. The highest BCUT2D eigenvalue weighted by atomic mass is 79.9. The van der Waals surface area contributed by atoms with Gasteiger partial charge in [0, 0.05) is 4.47 Å². The van der Waals surface area contributed by atoms with E-state index in [-0.39, 0.29) is 6.04 Å². The van der Waals surface area contributed by atoms with Gasteiger partial charge in [0.25, 0.3) is 0 Å². The van der Waals surface area contributed by atoms with E-state index in [0.717, 1.165) is 16.1 Å². The van der Waals surface area contributed by atoms with Gasteiger partial charge in [-0.25, -0.2) is 4.79 Å². The molecule has 2 saturated carbocycles. The molecule has 0 aromatic heterocycles. The van der Waals surface area contributed by atoms with Gasteiger partial charge in [0.2, 0.25) is 0 Å². The van der Waals surface area contributed by atoms with Crippen molar-refractivity contribution < 1.29 is 9.90 Å². The Kier molecular flexibility index (Phi) is 3.46. The summed E-state index contributed by atoms with van der Waals surface area (Å²) in [7, 11) is 0. The average Bonchev–Trinajstić information content (AvgIpc) is 3.22. The minimum absolute atomic E-state index is 0.186. The van der Waals surface area contributed by atoms with Crippen LogP contribution in [0.4, 0.5) is 5.69 Å². The largest absolute Gasteiger partial charge is 0.478 e. The lowest BCUT2D eigenvalue weighted by Crippen LogP contribution is -2.36. The van der Waals surface area contributed by atoms with E-state index in [9.17, 15) is 9.90 Å². The summed E-state index contributed by atoms with van der Waals surface area (Å²) in [5, 5.41) is 13.3. The first-order chi connectivity index (χ1) is 12.1. The third-order valence-electron chi connectivity index (χ3n) is 6.56. The molecule has 0 saturated heterocycles. The maximum absolute atomic E-state index is 11.8. The quantitative estimate of drug-likeness (QED) is 0.708. The Morgan fingerprint density at radius 2 is 1.92 bits per heavy atom. The number of anilines is 1. The summed E-state index contributed by atoms with van der Waals surface area (Å²) in [6.45, 7) is 0. The van der Waals surface area contributed by atoms with Gasteiger partial charge in [-0.15, -0.1) is 0 Å². The van der Waals surface area contributed by atoms with Crippen molar-refractivity contribution in [2.24, 2.45) is 17.8 Å². The fraction of sp³-hybridized carbons (Fsp3) is 0.381. The molecule has 128 valence electrons. The number of carboxylic acids is 1. The number of para-hydroxylation sites is 1. The molecule has 5 atom stereocenters. The van der Waals surface area contributed by atoms with E-state index in [1.165, 1.54) is 30.4 Å². The van der Waals surface area contributed by atoms with Crippen LogP contribution < -0.4 is 5.32 Å². The molecule has 0 amide bonds. The molecule has 0 radical (unpaired) electrons. The van der Waals surface area contributed by atoms with Crippen molar-refractivity contribution in [1.82, 2.24) is 0 Å². The van der Waals surface area contributed by atoms with Crippen LogP contribution in [0.25, 0.3) is 0 Å². The van der Waals surface area contributed by atoms with Gasteiger partial charge in [0.1, 0.15) is 0 Å². The van der Waals surface area contributed by atoms with Crippen molar-refractivity contribution in [2.75, 3.05) is 5.32 Å². The highest BCUT2D eigenvalue weighted by Gasteiger charge is 2.54. The zero-order valence-corrected chi connectivity index (χ0v) is 15.4. The van der Waals surface area contributed by atoms with Crippen LogP contribution in [-0.2, 0) is 0 Å². The first-order valence-corrected chi connectivity index (χ1v) is 9.81. The predicted molar refractivity (Wildman–Crippen MR) is 101 cm³/mol. The number of carbonyl (C=O) groups is 1. The van der Waals surface area contributed by atoms with E-state index >= 15 is 0 Å². The molecule has 2 N–H and O–H groups in total. The molecular formula is C21H20BrNO2. The van der Waals surface area contributed by atoms with Crippen LogP contribution in [0, 0.1) is 17.8 Å². The van der Waals surface area contributed by atoms with Crippen molar-refractivity contribution in [3.8, 4) is 0 Å². The Labute approximate surface area is 155 Å². The number of hydrogen-bond acceptors (Lipinski definition) is 2. The minimum atomic E-state index is -0.848. The fourth-order valence-electron chi connectivity index (χ4n) is 5.72. The van der Waals surface area contributed by atoms with Crippen molar-refractivity contribution in [3.05, 3.63) is 63.6 Å². The van der Waals surface area contributed by atoms with E-state index in [4.69, 9.17) is 0 Å². The van der Waals surface area contributed by atoms with Gasteiger partial charge in [0.15, 0.2) is 0 Å². The normalized spacial score (nSPS) is 32.0. The topological polar surface area (TPSA) is 49.3 Å². The van der Waals surface area contributed by atoms with Gasteiger partial charge >= 0.3 is 5.97 Å². The molecular weight excluding hydrogens is 378 g/mol. The fourth-order valence-corrected chi connectivity index (χ4v) is 6.14. The summed E-state index contributed by atoms with van der Waals surface area (Å²) in [6, 6.07) is 14.4.